The first-order valence-corrected chi connectivity index (χ1v) is 22.5. The Morgan fingerprint density at radius 3 is 1.73 bits per heavy atom. The van der Waals surface area contributed by atoms with Gasteiger partial charge in [-0.3, -0.25) is 0 Å². The maximum Gasteiger partial charge on any atom is 0.333 e. The van der Waals surface area contributed by atoms with Crippen LogP contribution in [0.3, 0.4) is 0 Å². The van der Waals surface area contributed by atoms with Crippen LogP contribution in [0.1, 0.15) is 57.2 Å². The molecule has 310 valence electrons. The Morgan fingerprint density at radius 1 is 0.469 bits per heavy atom. The number of rotatable bonds is 4. The number of fused-ring (bicyclic) bond motifs is 9. The third-order valence-electron chi connectivity index (χ3n) is 14.4. The normalized spacial score (nSPS) is 16.0. The van der Waals surface area contributed by atoms with Crippen LogP contribution in [0, 0.1) is 6.92 Å². The zero-order valence-corrected chi connectivity index (χ0v) is 36.6. The van der Waals surface area contributed by atoms with Crippen LogP contribution in [0.15, 0.2) is 164 Å². The van der Waals surface area contributed by atoms with Gasteiger partial charge in [-0.25, -0.2) is 0 Å². The molecule has 0 atom stereocenters. The van der Waals surface area contributed by atoms with Gasteiger partial charge in [-0.15, -0.1) is 0 Å². The monoisotopic (exact) mass is 831 g/mol. The minimum Gasteiger partial charge on any atom is -0.453 e. The van der Waals surface area contributed by atoms with E-state index in [4.69, 9.17) is 14.2 Å². The second kappa shape index (κ2) is 13.3. The van der Waals surface area contributed by atoms with Crippen molar-refractivity contribution in [2.24, 2.45) is 0 Å². The summed E-state index contributed by atoms with van der Waals surface area (Å²) in [5.41, 5.74) is 17.4. The topological polar surface area (TPSA) is 37.4 Å². The Bertz CT molecular complexity index is 3220. The summed E-state index contributed by atoms with van der Waals surface area (Å²) >= 11 is 0. The van der Waals surface area contributed by atoms with Gasteiger partial charge in [0.25, 0.3) is 0 Å². The molecule has 8 aromatic carbocycles. The third-order valence-corrected chi connectivity index (χ3v) is 14.4. The van der Waals surface area contributed by atoms with Crippen molar-refractivity contribution in [1.29, 1.82) is 0 Å². The summed E-state index contributed by atoms with van der Waals surface area (Å²) in [7, 11) is 0. The third kappa shape index (κ3) is 5.33. The molecule has 0 aromatic heterocycles. The number of anilines is 8. The summed E-state index contributed by atoms with van der Waals surface area (Å²) in [6.45, 7) is 11.7. The molecule has 0 spiro atoms. The molecule has 6 nitrogen and oxygen atoms in total. The predicted octanol–water partition coefficient (Wildman–Crippen LogP) is 14.5. The van der Waals surface area contributed by atoms with Gasteiger partial charge in [0, 0.05) is 45.8 Å². The van der Waals surface area contributed by atoms with Gasteiger partial charge in [-0.1, -0.05) is 107 Å². The molecule has 0 bridgehead atoms. The standard InChI is InChI=1S/C57H46BN3O3/c1-35-29-41-42(57(4,5)28-27-56(41,2)3)32-45(35)60-46-34-53-52(63-49-24-14-15-25-50(49)64-53)33-43(46)58-54-40(39-21-16-26-51-55(39)61(58)44-22-12-13-23-48(44)62-51)30-38(31-47(54)60)59(36-17-8-6-9-18-36)37-19-10-7-11-20-37/h6-26,29-34H,27-28H2,1-5H3. The van der Waals surface area contributed by atoms with Crippen molar-refractivity contribution < 1.29 is 14.2 Å². The van der Waals surface area contributed by atoms with E-state index < -0.39 is 0 Å². The Labute approximate surface area is 375 Å². The largest absolute Gasteiger partial charge is 0.453 e. The van der Waals surface area contributed by atoms with Crippen molar-refractivity contribution in [3.63, 3.8) is 0 Å². The Hall–Kier alpha value is -7.38. The lowest BCUT2D eigenvalue weighted by atomic mass is 9.43. The summed E-state index contributed by atoms with van der Waals surface area (Å²) in [6, 6.07) is 58.7. The summed E-state index contributed by atoms with van der Waals surface area (Å²) in [5.74, 6) is 4.47. The van der Waals surface area contributed by atoms with Gasteiger partial charge in [0.05, 0.1) is 11.4 Å². The fourth-order valence-electron chi connectivity index (χ4n) is 11.1. The molecule has 0 N–H and O–H groups in total. The highest BCUT2D eigenvalue weighted by Gasteiger charge is 2.50. The zero-order valence-electron chi connectivity index (χ0n) is 36.6. The first kappa shape index (κ1) is 37.2. The number of benzene rings is 8. The minimum atomic E-state index is -0.245. The SMILES string of the molecule is Cc1cc2c(cc1N1c3cc4c(cc3B3c5c(cc(N(c6ccccc6)c6ccccc6)cc51)-c1cccc5c1N3c1ccccc1O5)Oc1ccccc1O4)C(C)(C)CCC2(C)C. The van der Waals surface area contributed by atoms with Gasteiger partial charge in [0.15, 0.2) is 28.7 Å². The fourth-order valence-corrected chi connectivity index (χ4v) is 11.1. The molecule has 4 aliphatic heterocycles. The summed E-state index contributed by atoms with van der Waals surface area (Å²) in [4.78, 5) is 7.45. The lowest BCUT2D eigenvalue weighted by Crippen LogP contribution is -2.62. The number of hydrogen-bond acceptors (Lipinski definition) is 6. The number of ether oxygens (including phenoxy) is 3. The predicted molar refractivity (Wildman–Crippen MR) is 262 cm³/mol. The van der Waals surface area contributed by atoms with Crippen molar-refractivity contribution in [3.05, 3.63) is 180 Å². The van der Waals surface area contributed by atoms with E-state index in [0.717, 1.165) is 80.9 Å². The summed E-state index contributed by atoms with van der Waals surface area (Å²) in [5, 5.41) is 0. The highest BCUT2D eigenvalue weighted by atomic mass is 16.6. The molecule has 5 aliphatic rings. The molecule has 13 rings (SSSR count). The van der Waals surface area contributed by atoms with E-state index in [2.05, 4.69) is 189 Å². The van der Waals surface area contributed by atoms with Gasteiger partial charge in [-0.2, -0.15) is 0 Å². The first-order chi connectivity index (χ1) is 31.1. The second-order valence-corrected chi connectivity index (χ2v) is 19.2. The van der Waals surface area contributed by atoms with Crippen LogP contribution in [0.4, 0.5) is 45.5 Å². The summed E-state index contributed by atoms with van der Waals surface area (Å²) < 4.78 is 20.3. The molecular formula is C57H46BN3O3. The lowest BCUT2D eigenvalue weighted by Gasteiger charge is -2.49. The van der Waals surface area contributed by atoms with Crippen molar-refractivity contribution in [3.8, 4) is 45.6 Å². The molecule has 0 amide bonds. The molecule has 4 heterocycles. The molecule has 0 fully saturated rings. The molecule has 0 unspecified atom stereocenters. The number of para-hydroxylation sites is 7. The molecule has 0 saturated carbocycles. The number of aryl methyl sites for hydroxylation is 1. The van der Waals surface area contributed by atoms with Gasteiger partial charge in [0.1, 0.15) is 5.75 Å². The number of nitrogens with zero attached hydrogens (tertiary/aromatic N) is 3. The van der Waals surface area contributed by atoms with Gasteiger partial charge >= 0.3 is 6.85 Å². The Kier molecular flexibility index (Phi) is 7.74. The average molecular weight is 832 g/mol. The highest BCUT2D eigenvalue weighted by Crippen LogP contribution is 2.58. The van der Waals surface area contributed by atoms with Crippen LogP contribution in [0.25, 0.3) is 11.1 Å². The van der Waals surface area contributed by atoms with E-state index >= 15 is 0 Å². The van der Waals surface area contributed by atoms with Crippen LogP contribution >= 0.6 is 0 Å². The Morgan fingerprint density at radius 2 is 1.05 bits per heavy atom. The maximum absolute atomic E-state index is 6.80. The average Bonchev–Trinajstić information content (AvgIpc) is 3.31. The van der Waals surface area contributed by atoms with Gasteiger partial charge in [0.2, 0.25) is 0 Å². The Balaban J connectivity index is 1.16. The van der Waals surface area contributed by atoms with E-state index in [0.29, 0.717) is 23.0 Å². The van der Waals surface area contributed by atoms with Crippen molar-refractivity contribution in [1.82, 2.24) is 0 Å². The van der Waals surface area contributed by atoms with E-state index in [9.17, 15) is 0 Å². The van der Waals surface area contributed by atoms with Crippen LogP contribution in [0.5, 0.6) is 34.5 Å². The second-order valence-electron chi connectivity index (χ2n) is 19.2. The van der Waals surface area contributed by atoms with Gasteiger partial charge < -0.3 is 28.8 Å². The maximum atomic E-state index is 6.80. The fraction of sp³-hybridized carbons (Fsp3) is 0.158. The molecule has 7 heteroatoms. The van der Waals surface area contributed by atoms with E-state index in [1.54, 1.807) is 0 Å². The lowest BCUT2D eigenvalue weighted by molar-refractivity contribution is 0.332. The molecular weight excluding hydrogens is 785 g/mol. The van der Waals surface area contributed by atoms with E-state index in [1.807, 2.05) is 24.3 Å². The quantitative estimate of drug-likeness (QED) is 0.165. The molecule has 8 aromatic rings. The first-order valence-electron chi connectivity index (χ1n) is 22.5. The molecule has 0 radical (unpaired) electrons. The van der Waals surface area contributed by atoms with Gasteiger partial charge in [-0.05, 0) is 143 Å². The van der Waals surface area contributed by atoms with Crippen LogP contribution in [-0.2, 0) is 10.8 Å². The number of hydrogen-bond donors (Lipinski definition) is 0. The molecule has 0 saturated heterocycles. The minimum absolute atomic E-state index is 0.00346. The molecule has 64 heavy (non-hydrogen) atoms. The smallest absolute Gasteiger partial charge is 0.333 e. The van der Waals surface area contributed by atoms with Crippen molar-refractivity contribution in [2.45, 2.75) is 58.3 Å². The van der Waals surface area contributed by atoms with Crippen molar-refractivity contribution >= 4 is 63.3 Å². The highest BCUT2D eigenvalue weighted by molar-refractivity contribution is 6.94. The van der Waals surface area contributed by atoms with Crippen LogP contribution in [0.2, 0.25) is 0 Å². The molecule has 1 aliphatic carbocycles. The van der Waals surface area contributed by atoms with Crippen molar-refractivity contribution in [2.75, 3.05) is 14.6 Å². The van der Waals surface area contributed by atoms with E-state index in [-0.39, 0.29) is 17.7 Å². The van der Waals surface area contributed by atoms with Crippen LogP contribution < -0.4 is 39.7 Å². The zero-order chi connectivity index (χ0) is 43.1. The summed E-state index contributed by atoms with van der Waals surface area (Å²) in [6.07, 6.45) is 2.27. The van der Waals surface area contributed by atoms with Crippen LogP contribution in [-0.4, -0.2) is 6.85 Å². The van der Waals surface area contributed by atoms with E-state index in [1.165, 1.54) is 27.7 Å².